The molecule has 104 valence electrons. The van der Waals surface area contributed by atoms with Crippen LogP contribution in [-0.2, 0) is 5.41 Å². The summed E-state index contributed by atoms with van der Waals surface area (Å²) in [5.74, 6) is 0.852. The van der Waals surface area contributed by atoms with Crippen molar-refractivity contribution in [2.45, 2.75) is 26.2 Å². The van der Waals surface area contributed by atoms with Gasteiger partial charge in [-0.05, 0) is 18.2 Å². The van der Waals surface area contributed by atoms with Gasteiger partial charge in [0, 0.05) is 21.1 Å². The van der Waals surface area contributed by atoms with Gasteiger partial charge in [-0.25, -0.2) is 0 Å². The summed E-state index contributed by atoms with van der Waals surface area (Å²) < 4.78 is 2.76. The molecule has 2 heterocycles. The average molecular weight is 352 g/mol. The van der Waals surface area contributed by atoms with E-state index in [9.17, 15) is 0 Å². The van der Waals surface area contributed by atoms with Gasteiger partial charge in [0.05, 0.1) is 0 Å². The third-order valence-electron chi connectivity index (χ3n) is 2.91. The molecule has 0 aliphatic heterocycles. The monoisotopic (exact) mass is 351 g/mol. The summed E-state index contributed by atoms with van der Waals surface area (Å²) in [7, 11) is 0. The predicted molar refractivity (Wildman–Crippen MR) is 84.9 cm³/mol. The molecule has 2 N–H and O–H groups in total. The molecule has 0 amide bonds. The van der Waals surface area contributed by atoms with Crippen molar-refractivity contribution < 1.29 is 0 Å². The SMILES string of the molecule is CC(C)(C)c1nnc2sc(-c3ccc(Br)cc3N)nn12. The highest BCUT2D eigenvalue weighted by molar-refractivity contribution is 9.10. The Hall–Kier alpha value is -1.47. The lowest BCUT2D eigenvalue weighted by atomic mass is 9.96. The van der Waals surface area contributed by atoms with Gasteiger partial charge in [-0.2, -0.15) is 9.61 Å². The van der Waals surface area contributed by atoms with Crippen molar-refractivity contribution >= 4 is 37.9 Å². The maximum absolute atomic E-state index is 6.06. The van der Waals surface area contributed by atoms with E-state index in [0.29, 0.717) is 5.69 Å². The quantitative estimate of drug-likeness (QED) is 0.681. The lowest BCUT2D eigenvalue weighted by Crippen LogP contribution is -2.16. The molecule has 0 bridgehead atoms. The van der Waals surface area contributed by atoms with E-state index in [0.717, 1.165) is 25.8 Å². The van der Waals surface area contributed by atoms with Crippen molar-refractivity contribution in [1.82, 2.24) is 19.8 Å². The van der Waals surface area contributed by atoms with E-state index >= 15 is 0 Å². The molecule has 0 saturated heterocycles. The lowest BCUT2D eigenvalue weighted by Gasteiger charge is -2.13. The standard InChI is InChI=1S/C13H14BrN5S/c1-13(2,3)11-16-17-12-19(11)18-10(20-12)8-5-4-7(14)6-9(8)15/h4-6H,15H2,1-3H3. The average Bonchev–Trinajstić information content (AvgIpc) is 2.86. The number of aromatic nitrogens is 4. The van der Waals surface area contributed by atoms with Crippen molar-refractivity contribution in [3.8, 4) is 10.6 Å². The fraction of sp³-hybridized carbons (Fsp3) is 0.308. The Bertz CT molecular complexity index is 784. The van der Waals surface area contributed by atoms with Crippen LogP contribution in [0.2, 0.25) is 0 Å². The van der Waals surface area contributed by atoms with Crippen LogP contribution in [0, 0.1) is 0 Å². The number of rotatable bonds is 1. The number of halogens is 1. The smallest absolute Gasteiger partial charge is 0.235 e. The highest BCUT2D eigenvalue weighted by Crippen LogP contribution is 2.33. The molecule has 0 spiro atoms. The molecule has 0 radical (unpaired) electrons. The summed E-state index contributed by atoms with van der Waals surface area (Å²) in [6, 6.07) is 5.79. The van der Waals surface area contributed by atoms with Crippen molar-refractivity contribution in [2.24, 2.45) is 0 Å². The van der Waals surface area contributed by atoms with Crippen LogP contribution < -0.4 is 5.73 Å². The summed E-state index contributed by atoms with van der Waals surface area (Å²) in [6.45, 7) is 6.28. The summed E-state index contributed by atoms with van der Waals surface area (Å²) >= 11 is 4.90. The van der Waals surface area contributed by atoms with Gasteiger partial charge in [-0.1, -0.05) is 48.0 Å². The van der Waals surface area contributed by atoms with Gasteiger partial charge in [-0.3, -0.25) is 0 Å². The number of nitrogens with two attached hydrogens (primary N) is 1. The molecule has 20 heavy (non-hydrogen) atoms. The van der Waals surface area contributed by atoms with Crippen LogP contribution in [0.1, 0.15) is 26.6 Å². The molecule has 0 saturated carbocycles. The van der Waals surface area contributed by atoms with Crippen molar-refractivity contribution in [2.75, 3.05) is 5.73 Å². The molecule has 7 heteroatoms. The number of hydrogen-bond acceptors (Lipinski definition) is 5. The summed E-state index contributed by atoms with van der Waals surface area (Å²) in [4.78, 5) is 0.784. The molecule has 5 nitrogen and oxygen atoms in total. The lowest BCUT2D eigenvalue weighted by molar-refractivity contribution is 0.528. The molecule has 3 aromatic rings. The second-order valence-electron chi connectivity index (χ2n) is 5.61. The number of nitrogen functional groups attached to an aromatic ring is 1. The minimum atomic E-state index is -0.101. The van der Waals surface area contributed by atoms with Crippen molar-refractivity contribution in [3.05, 3.63) is 28.5 Å². The van der Waals surface area contributed by atoms with Gasteiger partial charge < -0.3 is 5.73 Å². The van der Waals surface area contributed by atoms with E-state index in [4.69, 9.17) is 5.73 Å². The summed E-state index contributed by atoms with van der Waals surface area (Å²) in [6.07, 6.45) is 0. The fourth-order valence-corrected chi connectivity index (χ4v) is 3.19. The van der Waals surface area contributed by atoms with Crippen molar-refractivity contribution in [1.29, 1.82) is 0 Å². The van der Waals surface area contributed by atoms with Gasteiger partial charge in [0.2, 0.25) is 4.96 Å². The largest absolute Gasteiger partial charge is 0.398 e. The van der Waals surface area contributed by atoms with Gasteiger partial charge in [0.1, 0.15) is 5.01 Å². The topological polar surface area (TPSA) is 69.1 Å². The Morgan fingerprint density at radius 1 is 1.25 bits per heavy atom. The van der Waals surface area contributed by atoms with E-state index in [1.807, 2.05) is 22.7 Å². The van der Waals surface area contributed by atoms with Gasteiger partial charge in [0.15, 0.2) is 5.82 Å². The zero-order valence-corrected chi connectivity index (χ0v) is 13.8. The molecule has 1 aromatic carbocycles. The van der Waals surface area contributed by atoms with E-state index < -0.39 is 0 Å². The molecular formula is C13H14BrN5S. The zero-order chi connectivity index (χ0) is 14.5. The number of fused-ring (bicyclic) bond motifs is 1. The zero-order valence-electron chi connectivity index (χ0n) is 11.4. The first-order chi connectivity index (χ1) is 9.36. The minimum Gasteiger partial charge on any atom is -0.398 e. The molecule has 0 atom stereocenters. The normalized spacial score (nSPS) is 12.2. The van der Waals surface area contributed by atoms with Crippen LogP contribution in [0.15, 0.2) is 22.7 Å². The first kappa shape index (κ1) is 13.5. The van der Waals surface area contributed by atoms with Crippen LogP contribution in [0.4, 0.5) is 5.69 Å². The summed E-state index contributed by atoms with van der Waals surface area (Å²) in [5.41, 5.74) is 7.57. The van der Waals surface area contributed by atoms with Gasteiger partial charge >= 0.3 is 0 Å². The third-order valence-corrected chi connectivity index (χ3v) is 4.33. The van der Waals surface area contributed by atoms with E-state index in [-0.39, 0.29) is 5.41 Å². The second-order valence-corrected chi connectivity index (χ2v) is 7.48. The summed E-state index contributed by atoms with van der Waals surface area (Å²) in [5, 5.41) is 13.9. The van der Waals surface area contributed by atoms with Gasteiger partial charge in [0.25, 0.3) is 0 Å². The van der Waals surface area contributed by atoms with Crippen LogP contribution in [0.5, 0.6) is 0 Å². The Balaban J connectivity index is 2.16. The van der Waals surface area contributed by atoms with Crippen LogP contribution >= 0.6 is 27.3 Å². The highest BCUT2D eigenvalue weighted by Gasteiger charge is 2.23. The molecule has 3 rings (SSSR count). The predicted octanol–water partition coefficient (Wildman–Crippen LogP) is 3.50. The highest BCUT2D eigenvalue weighted by atomic mass is 79.9. The molecule has 0 aliphatic rings. The minimum absolute atomic E-state index is 0.101. The van der Waals surface area contributed by atoms with E-state index in [1.54, 1.807) is 0 Å². The van der Waals surface area contributed by atoms with E-state index in [2.05, 4.69) is 52.0 Å². The van der Waals surface area contributed by atoms with Crippen LogP contribution in [0.3, 0.4) is 0 Å². The first-order valence-electron chi connectivity index (χ1n) is 6.14. The molecular weight excluding hydrogens is 338 g/mol. The molecule has 0 fully saturated rings. The number of hydrogen-bond donors (Lipinski definition) is 1. The van der Waals surface area contributed by atoms with E-state index in [1.165, 1.54) is 11.3 Å². The first-order valence-corrected chi connectivity index (χ1v) is 7.75. The molecule has 2 aromatic heterocycles. The maximum Gasteiger partial charge on any atom is 0.235 e. The molecule has 0 aliphatic carbocycles. The van der Waals surface area contributed by atoms with Crippen molar-refractivity contribution in [3.63, 3.8) is 0 Å². The van der Waals surface area contributed by atoms with Crippen LogP contribution in [0.25, 0.3) is 15.5 Å². The number of anilines is 1. The number of nitrogens with zero attached hydrogens (tertiary/aromatic N) is 4. The Morgan fingerprint density at radius 3 is 2.65 bits per heavy atom. The second kappa shape index (κ2) is 4.53. The third kappa shape index (κ3) is 2.20. The van der Waals surface area contributed by atoms with Crippen LogP contribution in [-0.4, -0.2) is 19.8 Å². The Morgan fingerprint density at radius 2 is 2.00 bits per heavy atom. The van der Waals surface area contributed by atoms with Gasteiger partial charge in [-0.15, -0.1) is 10.2 Å². The fourth-order valence-electron chi connectivity index (χ4n) is 1.92. The number of benzene rings is 1. The molecule has 0 unspecified atom stereocenters. The maximum atomic E-state index is 6.06. The Labute approximate surface area is 129 Å². The Kier molecular flexibility index (Phi) is 3.06.